The number of thiazole rings is 1. The number of nitrogens with zero attached hydrogens (tertiary/aromatic N) is 5. The molecule has 1 aromatic carbocycles. The van der Waals surface area contributed by atoms with Crippen molar-refractivity contribution in [1.29, 1.82) is 0 Å². The number of para-hydroxylation sites is 1. The van der Waals surface area contributed by atoms with E-state index in [2.05, 4.69) is 20.4 Å². The first-order chi connectivity index (χ1) is 11.8. The Balaban J connectivity index is 1.51. The first-order valence-electron chi connectivity index (χ1n) is 7.21. The van der Waals surface area contributed by atoms with Gasteiger partial charge in [-0.2, -0.15) is 4.98 Å². The van der Waals surface area contributed by atoms with E-state index in [-0.39, 0.29) is 0 Å². The molecule has 0 bridgehead atoms. The van der Waals surface area contributed by atoms with Crippen LogP contribution in [-0.2, 0) is 5.75 Å². The Kier molecular flexibility index (Phi) is 4.14. The molecule has 0 saturated carbocycles. The number of hydrogen-bond donors (Lipinski definition) is 0. The molecule has 0 aliphatic carbocycles. The minimum absolute atomic E-state index is 0.605. The Morgan fingerprint density at radius 3 is 3.00 bits per heavy atom. The third-order valence-electron chi connectivity index (χ3n) is 3.34. The van der Waals surface area contributed by atoms with E-state index in [0.717, 1.165) is 22.0 Å². The van der Waals surface area contributed by atoms with Crippen LogP contribution in [0.4, 0.5) is 0 Å². The van der Waals surface area contributed by atoms with Gasteiger partial charge >= 0.3 is 0 Å². The van der Waals surface area contributed by atoms with Crippen LogP contribution in [0.1, 0.15) is 5.69 Å². The molecule has 0 spiro atoms. The van der Waals surface area contributed by atoms with Crippen LogP contribution in [-0.4, -0.2) is 31.7 Å². The zero-order valence-electron chi connectivity index (χ0n) is 12.8. The lowest BCUT2D eigenvalue weighted by Gasteiger charge is -2.04. The van der Waals surface area contributed by atoms with Gasteiger partial charge in [0.25, 0.3) is 5.78 Å². The SMILES string of the molecule is COc1ccccc1-c1nc(CSc2nc3ncccn3n2)cs1. The second-order valence-corrected chi connectivity index (χ2v) is 6.69. The standard InChI is InChI=1S/C16H13N5OS2/c1-22-13-6-3-2-5-12(13)14-18-11(9-23-14)10-24-16-19-15-17-7-4-8-21(15)20-16/h2-9H,10H2,1H3. The average molecular weight is 355 g/mol. The van der Waals surface area contributed by atoms with Gasteiger partial charge in [-0.25, -0.2) is 14.5 Å². The van der Waals surface area contributed by atoms with E-state index in [0.29, 0.717) is 16.7 Å². The van der Waals surface area contributed by atoms with Crippen molar-refractivity contribution in [1.82, 2.24) is 24.6 Å². The molecule has 0 aliphatic heterocycles. The van der Waals surface area contributed by atoms with Crippen LogP contribution in [0.3, 0.4) is 0 Å². The van der Waals surface area contributed by atoms with Crippen LogP contribution in [0.25, 0.3) is 16.3 Å². The molecule has 8 heteroatoms. The molecule has 0 aliphatic rings. The third-order valence-corrected chi connectivity index (χ3v) is 5.13. The highest BCUT2D eigenvalue weighted by Crippen LogP contribution is 2.33. The zero-order valence-corrected chi connectivity index (χ0v) is 14.4. The van der Waals surface area contributed by atoms with Gasteiger partial charge in [0.2, 0.25) is 5.16 Å². The van der Waals surface area contributed by atoms with Crippen LogP contribution in [0.15, 0.2) is 53.3 Å². The number of ether oxygens (including phenoxy) is 1. The number of methoxy groups -OCH3 is 1. The van der Waals surface area contributed by atoms with E-state index in [4.69, 9.17) is 9.72 Å². The second kappa shape index (κ2) is 6.58. The second-order valence-electron chi connectivity index (χ2n) is 4.89. The third kappa shape index (κ3) is 2.98. The van der Waals surface area contributed by atoms with E-state index in [9.17, 15) is 0 Å². The highest BCUT2D eigenvalue weighted by Gasteiger charge is 2.11. The maximum Gasteiger partial charge on any atom is 0.253 e. The summed E-state index contributed by atoms with van der Waals surface area (Å²) in [5, 5.41) is 8.09. The summed E-state index contributed by atoms with van der Waals surface area (Å²) < 4.78 is 7.07. The van der Waals surface area contributed by atoms with E-state index in [1.807, 2.05) is 36.5 Å². The van der Waals surface area contributed by atoms with Gasteiger partial charge in [-0.3, -0.25) is 0 Å². The molecule has 0 unspecified atom stereocenters. The monoisotopic (exact) mass is 355 g/mol. The molecule has 0 amide bonds. The van der Waals surface area contributed by atoms with Gasteiger partial charge in [-0.1, -0.05) is 23.9 Å². The van der Waals surface area contributed by atoms with Crippen molar-refractivity contribution >= 4 is 28.9 Å². The normalized spacial score (nSPS) is 11.0. The zero-order chi connectivity index (χ0) is 16.4. The Labute approximate surface area is 146 Å². The highest BCUT2D eigenvalue weighted by atomic mass is 32.2. The number of aromatic nitrogens is 5. The summed E-state index contributed by atoms with van der Waals surface area (Å²) in [7, 11) is 1.67. The van der Waals surface area contributed by atoms with Crippen molar-refractivity contribution in [2.45, 2.75) is 10.9 Å². The molecule has 3 heterocycles. The Morgan fingerprint density at radius 1 is 1.21 bits per heavy atom. The topological polar surface area (TPSA) is 65.2 Å². The van der Waals surface area contributed by atoms with Crippen LogP contribution in [0.2, 0.25) is 0 Å². The van der Waals surface area contributed by atoms with Crippen LogP contribution in [0.5, 0.6) is 5.75 Å². The molecule has 3 aromatic heterocycles. The molecule has 0 atom stereocenters. The smallest absolute Gasteiger partial charge is 0.253 e. The molecule has 0 fully saturated rings. The predicted octanol–water partition coefficient (Wildman–Crippen LogP) is 3.55. The fourth-order valence-corrected chi connectivity index (χ4v) is 3.90. The minimum Gasteiger partial charge on any atom is -0.496 e. The molecule has 120 valence electrons. The van der Waals surface area contributed by atoms with Gasteiger partial charge in [-0.15, -0.1) is 16.4 Å². The van der Waals surface area contributed by atoms with Crippen molar-refractivity contribution in [3.8, 4) is 16.3 Å². The number of hydrogen-bond acceptors (Lipinski definition) is 7. The quantitative estimate of drug-likeness (QED) is 0.510. The molecule has 0 N–H and O–H groups in total. The molecule has 6 nitrogen and oxygen atoms in total. The average Bonchev–Trinajstić information content (AvgIpc) is 3.26. The highest BCUT2D eigenvalue weighted by molar-refractivity contribution is 7.98. The Morgan fingerprint density at radius 2 is 2.12 bits per heavy atom. The number of fused-ring (bicyclic) bond motifs is 1. The summed E-state index contributed by atoms with van der Waals surface area (Å²) in [6.45, 7) is 0. The van der Waals surface area contributed by atoms with Crippen LogP contribution < -0.4 is 4.74 Å². The predicted molar refractivity (Wildman–Crippen MR) is 94.4 cm³/mol. The number of benzene rings is 1. The maximum atomic E-state index is 5.40. The summed E-state index contributed by atoms with van der Waals surface area (Å²) in [4.78, 5) is 13.2. The largest absolute Gasteiger partial charge is 0.496 e. The van der Waals surface area contributed by atoms with Crippen molar-refractivity contribution in [3.05, 3.63) is 53.8 Å². The van der Waals surface area contributed by atoms with E-state index >= 15 is 0 Å². The minimum atomic E-state index is 0.605. The molecule has 0 radical (unpaired) electrons. The van der Waals surface area contributed by atoms with Gasteiger partial charge in [0, 0.05) is 23.5 Å². The molecule has 24 heavy (non-hydrogen) atoms. The van der Waals surface area contributed by atoms with E-state index < -0.39 is 0 Å². The molecule has 4 aromatic rings. The molecule has 0 saturated heterocycles. The van der Waals surface area contributed by atoms with Crippen molar-refractivity contribution < 1.29 is 4.74 Å². The molecular weight excluding hydrogens is 342 g/mol. The van der Waals surface area contributed by atoms with Gasteiger partial charge in [-0.05, 0) is 18.2 Å². The van der Waals surface area contributed by atoms with Gasteiger partial charge in [0.1, 0.15) is 10.8 Å². The van der Waals surface area contributed by atoms with Gasteiger partial charge in [0.15, 0.2) is 0 Å². The lowest BCUT2D eigenvalue weighted by molar-refractivity contribution is 0.416. The lowest BCUT2D eigenvalue weighted by atomic mass is 10.2. The van der Waals surface area contributed by atoms with Crippen molar-refractivity contribution in [3.63, 3.8) is 0 Å². The summed E-state index contributed by atoms with van der Waals surface area (Å²) in [6, 6.07) is 9.73. The Bertz CT molecular complexity index is 948. The van der Waals surface area contributed by atoms with Crippen LogP contribution >= 0.6 is 23.1 Å². The van der Waals surface area contributed by atoms with E-state index in [1.165, 1.54) is 0 Å². The maximum absolute atomic E-state index is 5.40. The Hall–Kier alpha value is -2.45. The molecule has 4 rings (SSSR count). The summed E-state index contributed by atoms with van der Waals surface area (Å²) >= 11 is 3.16. The number of rotatable bonds is 5. The van der Waals surface area contributed by atoms with E-state index in [1.54, 1.807) is 40.9 Å². The van der Waals surface area contributed by atoms with Crippen LogP contribution in [0, 0.1) is 0 Å². The first-order valence-corrected chi connectivity index (χ1v) is 9.08. The van der Waals surface area contributed by atoms with Crippen molar-refractivity contribution in [2.24, 2.45) is 0 Å². The summed E-state index contributed by atoms with van der Waals surface area (Å²) in [5.74, 6) is 2.15. The number of thioether (sulfide) groups is 1. The fraction of sp³-hybridized carbons (Fsp3) is 0.125. The van der Waals surface area contributed by atoms with Gasteiger partial charge < -0.3 is 4.74 Å². The van der Waals surface area contributed by atoms with Crippen molar-refractivity contribution in [2.75, 3.05) is 7.11 Å². The van der Waals surface area contributed by atoms with Gasteiger partial charge in [0.05, 0.1) is 18.4 Å². The summed E-state index contributed by atoms with van der Waals surface area (Å²) in [6.07, 6.45) is 3.54. The first kappa shape index (κ1) is 15.1. The molecular formula is C16H13N5OS2. The fourth-order valence-electron chi connectivity index (χ4n) is 2.23. The lowest BCUT2D eigenvalue weighted by Crippen LogP contribution is -1.88. The summed E-state index contributed by atoms with van der Waals surface area (Å²) in [5.41, 5.74) is 2.01.